The van der Waals surface area contributed by atoms with Crippen LogP contribution in [0.3, 0.4) is 0 Å². The van der Waals surface area contributed by atoms with Gasteiger partial charge in [0.2, 0.25) is 0 Å². The molecule has 0 heterocycles. The van der Waals surface area contributed by atoms with E-state index >= 15 is 0 Å². The van der Waals surface area contributed by atoms with Gasteiger partial charge in [0.25, 0.3) is 0 Å². The highest BCUT2D eigenvalue weighted by molar-refractivity contribution is 5.28. The molecule has 0 bridgehead atoms. The molecule has 0 radical (unpaired) electrons. The van der Waals surface area contributed by atoms with Crippen LogP contribution in [0, 0.1) is 24.6 Å². The highest BCUT2D eigenvalue weighted by Crippen LogP contribution is 2.42. The molecule has 0 saturated heterocycles. The fourth-order valence-corrected chi connectivity index (χ4v) is 3.83. The maximum absolute atomic E-state index is 14.3. The van der Waals surface area contributed by atoms with Crippen LogP contribution in [-0.2, 0) is 0 Å². The van der Waals surface area contributed by atoms with Crippen LogP contribution in [0.15, 0.2) is 18.2 Å². The number of halogens is 1. The molecule has 1 aliphatic carbocycles. The van der Waals surface area contributed by atoms with Crippen LogP contribution < -0.4 is 5.32 Å². The number of nitrogens with one attached hydrogen (secondary N) is 1. The Labute approximate surface area is 123 Å². The predicted octanol–water partition coefficient (Wildman–Crippen LogP) is 4.65. The van der Waals surface area contributed by atoms with E-state index in [-0.39, 0.29) is 5.82 Å². The monoisotopic (exact) mass is 277 g/mol. The van der Waals surface area contributed by atoms with E-state index in [0.717, 1.165) is 24.4 Å². The number of benzene rings is 1. The van der Waals surface area contributed by atoms with Gasteiger partial charge in [-0.15, -0.1) is 0 Å². The second-order valence-electron chi connectivity index (χ2n) is 6.42. The topological polar surface area (TPSA) is 12.0 Å². The minimum Gasteiger partial charge on any atom is -0.319 e. The molecule has 2 rings (SSSR count). The summed E-state index contributed by atoms with van der Waals surface area (Å²) in [5.74, 6) is 1.72. The standard InChI is InChI=1S/C18H28FN/c1-4-5-14-7-8-15(12-20-3)16(11-14)17-10-13(2)6-9-18(17)19/h6,9-10,14-16,20H,4-5,7-8,11-12H2,1-3H3. The zero-order valence-electron chi connectivity index (χ0n) is 13.1. The van der Waals surface area contributed by atoms with Crippen LogP contribution in [0.1, 0.15) is 56.1 Å². The third kappa shape index (κ3) is 3.60. The highest BCUT2D eigenvalue weighted by atomic mass is 19.1. The molecule has 1 nitrogen and oxygen atoms in total. The molecule has 1 aliphatic rings. The Morgan fingerprint density at radius 3 is 2.80 bits per heavy atom. The first-order valence-corrected chi connectivity index (χ1v) is 8.06. The van der Waals surface area contributed by atoms with E-state index in [1.165, 1.54) is 31.2 Å². The van der Waals surface area contributed by atoms with Crippen molar-refractivity contribution in [1.82, 2.24) is 5.32 Å². The Hall–Kier alpha value is -0.890. The Kier molecular flexibility index (Phi) is 5.59. The molecule has 0 aliphatic heterocycles. The molecular formula is C18H28FN. The van der Waals surface area contributed by atoms with Gasteiger partial charge in [-0.25, -0.2) is 4.39 Å². The normalized spacial score (nSPS) is 26.7. The second kappa shape index (κ2) is 7.21. The van der Waals surface area contributed by atoms with Gasteiger partial charge in [0.15, 0.2) is 0 Å². The minimum atomic E-state index is -0.0150. The summed E-state index contributed by atoms with van der Waals surface area (Å²) >= 11 is 0. The SMILES string of the molecule is CCCC1CCC(CNC)C(c2cc(C)ccc2F)C1. The number of rotatable bonds is 5. The molecule has 0 spiro atoms. The lowest BCUT2D eigenvalue weighted by atomic mass is 9.69. The van der Waals surface area contributed by atoms with Gasteiger partial charge in [0.1, 0.15) is 5.82 Å². The Morgan fingerprint density at radius 1 is 1.30 bits per heavy atom. The van der Waals surface area contributed by atoms with Crippen molar-refractivity contribution < 1.29 is 4.39 Å². The van der Waals surface area contributed by atoms with Gasteiger partial charge in [-0.05, 0) is 62.7 Å². The summed E-state index contributed by atoms with van der Waals surface area (Å²) in [4.78, 5) is 0. The predicted molar refractivity (Wildman–Crippen MR) is 83.5 cm³/mol. The molecule has 20 heavy (non-hydrogen) atoms. The zero-order chi connectivity index (χ0) is 14.5. The third-order valence-corrected chi connectivity index (χ3v) is 4.82. The molecule has 0 aromatic heterocycles. The molecule has 1 aromatic rings. The van der Waals surface area contributed by atoms with Gasteiger partial charge in [-0.2, -0.15) is 0 Å². The van der Waals surface area contributed by atoms with Crippen molar-refractivity contribution in [3.63, 3.8) is 0 Å². The lowest BCUT2D eigenvalue weighted by Crippen LogP contribution is -2.31. The Balaban J connectivity index is 2.23. The summed E-state index contributed by atoms with van der Waals surface area (Å²) in [6.07, 6.45) is 6.22. The summed E-state index contributed by atoms with van der Waals surface area (Å²) in [6, 6.07) is 5.58. The number of aryl methyl sites for hydroxylation is 1. The largest absolute Gasteiger partial charge is 0.319 e. The van der Waals surface area contributed by atoms with E-state index in [1.807, 2.05) is 13.1 Å². The van der Waals surface area contributed by atoms with Crippen LogP contribution >= 0.6 is 0 Å². The molecule has 1 aromatic carbocycles. The Morgan fingerprint density at radius 2 is 2.10 bits per heavy atom. The summed E-state index contributed by atoms with van der Waals surface area (Å²) in [6.45, 7) is 5.31. The second-order valence-corrected chi connectivity index (χ2v) is 6.42. The van der Waals surface area contributed by atoms with Gasteiger partial charge < -0.3 is 5.32 Å². The van der Waals surface area contributed by atoms with Crippen LogP contribution in [0.2, 0.25) is 0 Å². The van der Waals surface area contributed by atoms with Crippen molar-refractivity contribution in [3.05, 3.63) is 35.1 Å². The molecular weight excluding hydrogens is 249 g/mol. The van der Waals surface area contributed by atoms with Crippen molar-refractivity contribution in [1.29, 1.82) is 0 Å². The quantitative estimate of drug-likeness (QED) is 0.826. The molecule has 3 atom stereocenters. The van der Waals surface area contributed by atoms with Gasteiger partial charge in [-0.3, -0.25) is 0 Å². The first-order chi connectivity index (χ1) is 9.65. The van der Waals surface area contributed by atoms with Crippen molar-refractivity contribution in [2.75, 3.05) is 13.6 Å². The van der Waals surface area contributed by atoms with E-state index in [2.05, 4.69) is 25.2 Å². The van der Waals surface area contributed by atoms with Crippen LogP contribution in [0.25, 0.3) is 0 Å². The summed E-state index contributed by atoms with van der Waals surface area (Å²) in [5, 5.41) is 3.30. The van der Waals surface area contributed by atoms with Crippen molar-refractivity contribution in [3.8, 4) is 0 Å². The van der Waals surface area contributed by atoms with Crippen LogP contribution in [0.5, 0.6) is 0 Å². The molecule has 3 unspecified atom stereocenters. The molecule has 1 fully saturated rings. The number of hydrogen-bond donors (Lipinski definition) is 1. The fourth-order valence-electron chi connectivity index (χ4n) is 3.83. The maximum atomic E-state index is 14.3. The van der Waals surface area contributed by atoms with Crippen molar-refractivity contribution in [2.45, 2.75) is 51.9 Å². The molecule has 1 saturated carbocycles. The lowest BCUT2D eigenvalue weighted by molar-refractivity contribution is 0.219. The highest BCUT2D eigenvalue weighted by Gasteiger charge is 2.32. The van der Waals surface area contributed by atoms with Gasteiger partial charge in [-0.1, -0.05) is 43.9 Å². The maximum Gasteiger partial charge on any atom is 0.126 e. The number of hydrogen-bond acceptors (Lipinski definition) is 1. The van der Waals surface area contributed by atoms with E-state index in [4.69, 9.17) is 0 Å². The van der Waals surface area contributed by atoms with E-state index in [1.54, 1.807) is 6.07 Å². The zero-order valence-corrected chi connectivity index (χ0v) is 13.1. The first kappa shape index (κ1) is 15.5. The first-order valence-electron chi connectivity index (χ1n) is 8.06. The van der Waals surface area contributed by atoms with Gasteiger partial charge in [0, 0.05) is 0 Å². The smallest absolute Gasteiger partial charge is 0.126 e. The fraction of sp³-hybridized carbons (Fsp3) is 0.667. The van der Waals surface area contributed by atoms with Gasteiger partial charge >= 0.3 is 0 Å². The summed E-state index contributed by atoms with van der Waals surface area (Å²) in [7, 11) is 2.00. The average Bonchev–Trinajstić information content (AvgIpc) is 2.44. The van der Waals surface area contributed by atoms with E-state index in [9.17, 15) is 4.39 Å². The van der Waals surface area contributed by atoms with Crippen LogP contribution in [-0.4, -0.2) is 13.6 Å². The van der Waals surface area contributed by atoms with E-state index in [0.29, 0.717) is 11.8 Å². The summed E-state index contributed by atoms with van der Waals surface area (Å²) in [5.41, 5.74) is 2.12. The molecule has 1 N–H and O–H groups in total. The van der Waals surface area contributed by atoms with Gasteiger partial charge in [0.05, 0.1) is 0 Å². The molecule has 2 heteroatoms. The lowest BCUT2D eigenvalue weighted by Gasteiger charge is -2.37. The van der Waals surface area contributed by atoms with E-state index < -0.39 is 0 Å². The minimum absolute atomic E-state index is 0.0150. The molecule has 0 amide bonds. The van der Waals surface area contributed by atoms with Crippen LogP contribution in [0.4, 0.5) is 4.39 Å². The Bertz CT molecular complexity index is 429. The molecule has 112 valence electrons. The summed E-state index contributed by atoms with van der Waals surface area (Å²) < 4.78 is 14.3. The van der Waals surface area contributed by atoms with Crippen molar-refractivity contribution >= 4 is 0 Å². The van der Waals surface area contributed by atoms with Crippen molar-refractivity contribution in [2.24, 2.45) is 11.8 Å². The third-order valence-electron chi connectivity index (χ3n) is 4.82. The average molecular weight is 277 g/mol.